The standard InChI is InChI=1S/C22H28N6O3/c1-13(12-28-16(4)14(2)15(3)25-28)22(30)27-9-7-17(8-10-27)20-24-21(31-26-20)18-5-6-19(29)23-11-18/h5-6,11,13,17H,7-10,12H2,1-4H3,(H,23,29)/t13-/m1/s1. The van der Waals surface area contributed by atoms with Gasteiger partial charge in [0.25, 0.3) is 5.89 Å². The third-order valence-electron chi connectivity index (χ3n) is 6.26. The predicted octanol–water partition coefficient (Wildman–Crippen LogP) is 2.59. The Labute approximate surface area is 180 Å². The summed E-state index contributed by atoms with van der Waals surface area (Å²) >= 11 is 0. The van der Waals surface area contributed by atoms with Crippen molar-refractivity contribution in [1.29, 1.82) is 0 Å². The zero-order valence-corrected chi connectivity index (χ0v) is 18.4. The van der Waals surface area contributed by atoms with Crippen LogP contribution in [0.5, 0.6) is 0 Å². The molecule has 0 aliphatic carbocycles. The number of carbonyl (C=O) groups excluding carboxylic acids is 1. The van der Waals surface area contributed by atoms with Crippen LogP contribution in [0, 0.1) is 26.7 Å². The van der Waals surface area contributed by atoms with Crippen LogP contribution in [0.25, 0.3) is 11.5 Å². The van der Waals surface area contributed by atoms with Crippen molar-refractivity contribution in [2.45, 2.75) is 53.0 Å². The summed E-state index contributed by atoms with van der Waals surface area (Å²) in [6.07, 6.45) is 3.15. The first-order valence-electron chi connectivity index (χ1n) is 10.7. The molecule has 31 heavy (non-hydrogen) atoms. The number of hydrogen-bond acceptors (Lipinski definition) is 6. The fourth-order valence-electron chi connectivity index (χ4n) is 4.03. The van der Waals surface area contributed by atoms with Crippen molar-refractivity contribution in [3.05, 3.63) is 51.5 Å². The van der Waals surface area contributed by atoms with Gasteiger partial charge in [0.2, 0.25) is 11.5 Å². The van der Waals surface area contributed by atoms with Crippen molar-refractivity contribution in [3.8, 4) is 11.5 Å². The number of carbonyl (C=O) groups is 1. The summed E-state index contributed by atoms with van der Waals surface area (Å²) in [6, 6.07) is 3.08. The topological polar surface area (TPSA) is 110 Å². The number of nitrogens with one attached hydrogen (secondary N) is 1. The summed E-state index contributed by atoms with van der Waals surface area (Å²) in [6.45, 7) is 10.0. The zero-order chi connectivity index (χ0) is 22.1. The Bertz CT molecular complexity index is 1120. The van der Waals surface area contributed by atoms with Gasteiger partial charge < -0.3 is 14.4 Å². The molecule has 1 aliphatic heterocycles. The Morgan fingerprint density at radius 1 is 1.26 bits per heavy atom. The van der Waals surface area contributed by atoms with Gasteiger partial charge in [-0.05, 0) is 45.2 Å². The second kappa shape index (κ2) is 8.49. The second-order valence-corrected chi connectivity index (χ2v) is 8.38. The normalized spacial score (nSPS) is 15.9. The summed E-state index contributed by atoms with van der Waals surface area (Å²) in [7, 11) is 0. The molecule has 4 rings (SSSR count). The molecule has 0 spiro atoms. The summed E-state index contributed by atoms with van der Waals surface area (Å²) < 4.78 is 7.31. The van der Waals surface area contributed by atoms with E-state index < -0.39 is 0 Å². The quantitative estimate of drug-likeness (QED) is 0.674. The van der Waals surface area contributed by atoms with Crippen molar-refractivity contribution in [2.24, 2.45) is 5.92 Å². The van der Waals surface area contributed by atoms with Gasteiger partial charge in [0, 0.05) is 37.0 Å². The van der Waals surface area contributed by atoms with Gasteiger partial charge in [0.15, 0.2) is 5.82 Å². The van der Waals surface area contributed by atoms with Gasteiger partial charge >= 0.3 is 0 Å². The van der Waals surface area contributed by atoms with Crippen LogP contribution < -0.4 is 5.56 Å². The van der Waals surface area contributed by atoms with E-state index >= 15 is 0 Å². The number of hydrogen-bond donors (Lipinski definition) is 1. The molecular weight excluding hydrogens is 396 g/mol. The van der Waals surface area contributed by atoms with E-state index in [4.69, 9.17) is 4.52 Å². The van der Waals surface area contributed by atoms with Gasteiger partial charge in [-0.25, -0.2) is 0 Å². The first kappa shape index (κ1) is 21.0. The van der Waals surface area contributed by atoms with Crippen LogP contribution in [-0.2, 0) is 11.3 Å². The number of pyridine rings is 1. The van der Waals surface area contributed by atoms with Crippen LogP contribution in [-0.4, -0.2) is 48.8 Å². The number of aryl methyl sites for hydroxylation is 1. The van der Waals surface area contributed by atoms with Gasteiger partial charge in [-0.2, -0.15) is 10.1 Å². The van der Waals surface area contributed by atoms with Crippen LogP contribution >= 0.6 is 0 Å². The Hall–Kier alpha value is -3.23. The van der Waals surface area contributed by atoms with Gasteiger partial charge in [-0.15, -0.1) is 0 Å². The van der Waals surface area contributed by atoms with E-state index in [0.29, 0.717) is 36.9 Å². The minimum atomic E-state index is -0.178. The molecule has 9 heteroatoms. The fourth-order valence-corrected chi connectivity index (χ4v) is 4.03. The number of aromatic amines is 1. The number of H-pyrrole nitrogens is 1. The molecule has 0 aromatic carbocycles. The van der Waals surface area contributed by atoms with E-state index in [2.05, 4.69) is 27.1 Å². The molecule has 1 N–H and O–H groups in total. The predicted molar refractivity (Wildman–Crippen MR) is 115 cm³/mol. The third kappa shape index (κ3) is 4.30. The highest BCUT2D eigenvalue weighted by molar-refractivity contribution is 5.78. The largest absolute Gasteiger partial charge is 0.342 e. The number of amides is 1. The summed E-state index contributed by atoms with van der Waals surface area (Å²) in [5.74, 6) is 1.22. The van der Waals surface area contributed by atoms with Crippen LogP contribution in [0.4, 0.5) is 0 Å². The maximum atomic E-state index is 13.0. The molecule has 9 nitrogen and oxygen atoms in total. The first-order valence-corrected chi connectivity index (χ1v) is 10.7. The number of nitrogens with zero attached hydrogens (tertiary/aromatic N) is 5. The monoisotopic (exact) mass is 424 g/mol. The van der Waals surface area contributed by atoms with Crippen LogP contribution in [0.3, 0.4) is 0 Å². The Morgan fingerprint density at radius 3 is 2.61 bits per heavy atom. The highest BCUT2D eigenvalue weighted by atomic mass is 16.5. The number of likely N-dealkylation sites (tertiary alicyclic amines) is 1. The van der Waals surface area contributed by atoms with Crippen molar-refractivity contribution in [2.75, 3.05) is 13.1 Å². The summed E-state index contributed by atoms with van der Waals surface area (Å²) in [4.78, 5) is 33.2. The van der Waals surface area contributed by atoms with Gasteiger partial charge in [0.05, 0.1) is 23.7 Å². The van der Waals surface area contributed by atoms with E-state index in [0.717, 1.165) is 24.2 Å². The second-order valence-electron chi connectivity index (χ2n) is 8.38. The average Bonchev–Trinajstić information content (AvgIpc) is 3.35. The van der Waals surface area contributed by atoms with Crippen molar-refractivity contribution in [1.82, 2.24) is 29.8 Å². The minimum absolute atomic E-state index is 0.133. The summed E-state index contributed by atoms with van der Waals surface area (Å²) in [5, 5.41) is 8.69. The lowest BCUT2D eigenvalue weighted by atomic mass is 9.95. The molecule has 4 heterocycles. The first-order chi connectivity index (χ1) is 14.8. The Kier molecular flexibility index (Phi) is 5.75. The molecule has 1 amide bonds. The molecule has 1 aliphatic rings. The van der Waals surface area contributed by atoms with Crippen molar-refractivity contribution < 1.29 is 9.32 Å². The molecule has 3 aromatic rings. The van der Waals surface area contributed by atoms with E-state index in [9.17, 15) is 9.59 Å². The van der Waals surface area contributed by atoms with Crippen LogP contribution in [0.15, 0.2) is 27.6 Å². The molecule has 0 saturated carbocycles. The average molecular weight is 425 g/mol. The van der Waals surface area contributed by atoms with E-state index in [1.54, 1.807) is 12.3 Å². The van der Waals surface area contributed by atoms with E-state index in [1.165, 1.54) is 11.6 Å². The molecule has 0 unspecified atom stereocenters. The molecule has 1 atom stereocenters. The van der Waals surface area contributed by atoms with Crippen LogP contribution in [0.2, 0.25) is 0 Å². The molecule has 0 bridgehead atoms. The van der Waals surface area contributed by atoms with Gasteiger partial charge in [0.1, 0.15) is 0 Å². The van der Waals surface area contributed by atoms with E-state index in [-0.39, 0.29) is 23.3 Å². The highest BCUT2D eigenvalue weighted by Gasteiger charge is 2.29. The SMILES string of the molecule is Cc1nn(C[C@@H](C)C(=O)N2CCC(c3noc(-c4ccc(=O)[nH]c4)n3)CC2)c(C)c1C. The maximum Gasteiger partial charge on any atom is 0.259 e. The Morgan fingerprint density at radius 2 is 2.00 bits per heavy atom. The molecular formula is C22H28N6O3. The number of rotatable bonds is 5. The smallest absolute Gasteiger partial charge is 0.259 e. The number of piperidine rings is 1. The zero-order valence-electron chi connectivity index (χ0n) is 18.4. The van der Waals surface area contributed by atoms with Crippen LogP contribution in [0.1, 0.15) is 48.5 Å². The molecule has 1 fully saturated rings. The van der Waals surface area contributed by atoms with Gasteiger partial charge in [-0.1, -0.05) is 12.1 Å². The molecule has 0 radical (unpaired) electrons. The van der Waals surface area contributed by atoms with Gasteiger partial charge in [-0.3, -0.25) is 14.3 Å². The molecule has 164 valence electrons. The number of aromatic nitrogens is 5. The van der Waals surface area contributed by atoms with Crippen molar-refractivity contribution in [3.63, 3.8) is 0 Å². The fraction of sp³-hybridized carbons (Fsp3) is 0.500. The molecule has 1 saturated heterocycles. The van der Waals surface area contributed by atoms with Crippen molar-refractivity contribution >= 4 is 5.91 Å². The summed E-state index contributed by atoms with van der Waals surface area (Å²) in [5.41, 5.74) is 3.81. The lowest BCUT2D eigenvalue weighted by Crippen LogP contribution is -2.42. The van der Waals surface area contributed by atoms with E-state index in [1.807, 2.05) is 30.4 Å². The highest BCUT2D eigenvalue weighted by Crippen LogP contribution is 2.28. The molecule has 3 aromatic heterocycles. The minimum Gasteiger partial charge on any atom is -0.342 e. The third-order valence-corrected chi connectivity index (χ3v) is 6.26. The lowest BCUT2D eigenvalue weighted by molar-refractivity contribution is -0.136. The maximum absolute atomic E-state index is 13.0. The Balaban J connectivity index is 1.35. The lowest BCUT2D eigenvalue weighted by Gasteiger charge is -2.32.